The molecule has 3 rings (SSSR count). The number of nitrogens with one attached hydrogen (secondary N) is 1. The fourth-order valence-electron chi connectivity index (χ4n) is 2.18. The molecule has 0 saturated carbocycles. The van der Waals surface area contributed by atoms with Crippen LogP contribution in [0.2, 0.25) is 5.02 Å². The monoisotopic (exact) mass is 379 g/mol. The topological polar surface area (TPSA) is 115 Å². The molecule has 1 heterocycles. The SMILES string of the molecule is C[C@H](Nc1nc2cc(S(=O)(=O)c3ccccc3)cc(Cl)c2o1)C(N)=O. The molecule has 0 aliphatic carbocycles. The number of oxazole rings is 1. The molecule has 1 amide bonds. The molecule has 0 radical (unpaired) electrons. The van der Waals surface area contributed by atoms with Gasteiger partial charge in [-0.25, -0.2) is 8.42 Å². The fraction of sp³-hybridized carbons (Fsp3) is 0.125. The van der Waals surface area contributed by atoms with Gasteiger partial charge in [-0.1, -0.05) is 29.8 Å². The number of nitrogens with zero attached hydrogens (tertiary/aromatic N) is 1. The van der Waals surface area contributed by atoms with E-state index >= 15 is 0 Å². The number of rotatable bonds is 5. The number of sulfone groups is 1. The van der Waals surface area contributed by atoms with Gasteiger partial charge in [0, 0.05) is 0 Å². The summed E-state index contributed by atoms with van der Waals surface area (Å²) in [7, 11) is -3.74. The van der Waals surface area contributed by atoms with E-state index in [0.29, 0.717) is 0 Å². The molecule has 25 heavy (non-hydrogen) atoms. The molecule has 1 atom stereocenters. The number of benzene rings is 2. The molecule has 3 N–H and O–H groups in total. The predicted octanol–water partition coefficient (Wildman–Crippen LogP) is 2.60. The Morgan fingerprint density at radius 1 is 1.24 bits per heavy atom. The number of carbonyl (C=O) groups is 1. The second-order valence-electron chi connectivity index (χ2n) is 5.36. The van der Waals surface area contributed by atoms with Crippen molar-refractivity contribution in [3.63, 3.8) is 0 Å². The Bertz CT molecular complexity index is 1050. The summed E-state index contributed by atoms with van der Waals surface area (Å²) < 4.78 is 30.9. The maximum Gasteiger partial charge on any atom is 0.296 e. The average Bonchev–Trinajstić information content (AvgIpc) is 2.98. The second-order valence-corrected chi connectivity index (χ2v) is 7.71. The highest BCUT2D eigenvalue weighted by atomic mass is 35.5. The van der Waals surface area contributed by atoms with Gasteiger partial charge in [0.1, 0.15) is 11.6 Å². The van der Waals surface area contributed by atoms with Crippen LogP contribution in [0.15, 0.2) is 56.7 Å². The molecule has 0 fully saturated rings. The third-order valence-electron chi connectivity index (χ3n) is 3.55. The summed E-state index contributed by atoms with van der Waals surface area (Å²) in [6.07, 6.45) is 0. The molecule has 2 aromatic carbocycles. The molecule has 0 bridgehead atoms. The number of nitrogens with two attached hydrogens (primary N) is 1. The fourth-order valence-corrected chi connectivity index (χ4v) is 3.82. The van der Waals surface area contributed by atoms with Crippen LogP contribution in [0.25, 0.3) is 11.1 Å². The van der Waals surface area contributed by atoms with Crippen LogP contribution in [-0.4, -0.2) is 25.4 Å². The summed E-state index contributed by atoms with van der Waals surface area (Å²) in [5, 5.41) is 2.78. The van der Waals surface area contributed by atoms with Gasteiger partial charge in [-0.15, -0.1) is 0 Å². The molecule has 1 aromatic heterocycles. The smallest absolute Gasteiger partial charge is 0.296 e. The van der Waals surface area contributed by atoms with E-state index in [1.54, 1.807) is 25.1 Å². The van der Waals surface area contributed by atoms with Gasteiger partial charge in [-0.3, -0.25) is 4.79 Å². The second kappa shape index (κ2) is 6.38. The van der Waals surface area contributed by atoms with Gasteiger partial charge in [0.05, 0.1) is 14.8 Å². The first-order chi connectivity index (χ1) is 11.8. The third-order valence-corrected chi connectivity index (χ3v) is 5.58. The van der Waals surface area contributed by atoms with E-state index in [1.165, 1.54) is 24.3 Å². The number of anilines is 1. The van der Waals surface area contributed by atoms with Crippen LogP contribution in [-0.2, 0) is 14.6 Å². The van der Waals surface area contributed by atoms with Crippen molar-refractivity contribution in [2.24, 2.45) is 5.73 Å². The van der Waals surface area contributed by atoms with Gasteiger partial charge in [0.25, 0.3) is 6.01 Å². The molecule has 0 saturated heterocycles. The van der Waals surface area contributed by atoms with Crippen molar-refractivity contribution < 1.29 is 17.6 Å². The van der Waals surface area contributed by atoms with Crippen molar-refractivity contribution in [2.75, 3.05) is 5.32 Å². The van der Waals surface area contributed by atoms with Crippen molar-refractivity contribution in [3.8, 4) is 0 Å². The quantitative estimate of drug-likeness (QED) is 0.704. The van der Waals surface area contributed by atoms with Crippen LogP contribution in [0.1, 0.15) is 6.92 Å². The van der Waals surface area contributed by atoms with Crippen molar-refractivity contribution >= 4 is 44.5 Å². The first-order valence-corrected chi connectivity index (χ1v) is 9.11. The van der Waals surface area contributed by atoms with Crippen molar-refractivity contribution in [3.05, 3.63) is 47.5 Å². The van der Waals surface area contributed by atoms with E-state index in [1.807, 2.05) is 0 Å². The van der Waals surface area contributed by atoms with Crippen molar-refractivity contribution in [2.45, 2.75) is 22.8 Å². The van der Waals surface area contributed by atoms with Crippen LogP contribution in [0, 0.1) is 0 Å². The Labute approximate surface area is 148 Å². The molecular formula is C16H14ClN3O4S. The summed E-state index contributed by atoms with van der Waals surface area (Å²) in [4.78, 5) is 15.4. The van der Waals surface area contributed by atoms with Crippen LogP contribution in [0.4, 0.5) is 6.01 Å². The largest absolute Gasteiger partial charge is 0.422 e. The lowest BCUT2D eigenvalue weighted by molar-refractivity contribution is -0.118. The zero-order valence-corrected chi connectivity index (χ0v) is 14.6. The van der Waals surface area contributed by atoms with E-state index in [2.05, 4.69) is 10.3 Å². The molecule has 130 valence electrons. The highest BCUT2D eigenvalue weighted by Gasteiger charge is 2.22. The van der Waals surface area contributed by atoms with Gasteiger partial charge in [-0.2, -0.15) is 4.98 Å². The van der Waals surface area contributed by atoms with Crippen LogP contribution in [0.3, 0.4) is 0 Å². The number of halogens is 1. The Hall–Kier alpha value is -2.58. The standard InChI is InChI=1S/C16H14ClN3O4S/c1-9(15(18)21)19-16-20-13-8-11(7-12(17)14(13)24-16)25(22,23)10-5-3-2-4-6-10/h2-9H,1H3,(H2,18,21)(H,19,20)/t9-/m0/s1. The van der Waals surface area contributed by atoms with E-state index in [-0.39, 0.29) is 31.9 Å². The lowest BCUT2D eigenvalue weighted by Crippen LogP contribution is -2.32. The lowest BCUT2D eigenvalue weighted by atomic mass is 10.3. The van der Waals surface area contributed by atoms with Crippen LogP contribution in [0.5, 0.6) is 0 Å². The molecule has 0 aliphatic rings. The molecule has 0 unspecified atom stereocenters. The zero-order chi connectivity index (χ0) is 18.2. The number of hydrogen-bond donors (Lipinski definition) is 2. The van der Waals surface area contributed by atoms with Gasteiger partial charge in [0.2, 0.25) is 15.7 Å². The summed E-state index contributed by atoms with van der Waals surface area (Å²) in [5.74, 6) is -0.583. The zero-order valence-electron chi connectivity index (χ0n) is 13.1. The number of hydrogen-bond acceptors (Lipinski definition) is 6. The Morgan fingerprint density at radius 3 is 2.56 bits per heavy atom. The normalized spacial score (nSPS) is 12.9. The maximum absolute atomic E-state index is 12.7. The number of fused-ring (bicyclic) bond motifs is 1. The third kappa shape index (κ3) is 3.31. The molecule has 7 nitrogen and oxygen atoms in total. The minimum atomic E-state index is -3.74. The molecule has 3 aromatic rings. The number of aromatic nitrogens is 1. The van der Waals surface area contributed by atoms with E-state index in [0.717, 1.165) is 0 Å². The first kappa shape index (κ1) is 17.2. The number of primary amides is 1. The van der Waals surface area contributed by atoms with E-state index < -0.39 is 21.8 Å². The number of carbonyl (C=O) groups excluding carboxylic acids is 1. The van der Waals surface area contributed by atoms with Crippen molar-refractivity contribution in [1.29, 1.82) is 0 Å². The Morgan fingerprint density at radius 2 is 1.92 bits per heavy atom. The first-order valence-electron chi connectivity index (χ1n) is 7.25. The van der Waals surface area contributed by atoms with E-state index in [4.69, 9.17) is 21.8 Å². The average molecular weight is 380 g/mol. The van der Waals surface area contributed by atoms with Gasteiger partial charge >= 0.3 is 0 Å². The molecule has 0 aliphatic heterocycles. The summed E-state index contributed by atoms with van der Waals surface area (Å²) in [5.41, 5.74) is 5.64. The minimum absolute atomic E-state index is 0.000926. The van der Waals surface area contributed by atoms with Gasteiger partial charge in [-0.05, 0) is 31.2 Å². The molecule has 0 spiro atoms. The molecule has 9 heteroatoms. The lowest BCUT2D eigenvalue weighted by Gasteiger charge is -2.06. The highest BCUT2D eigenvalue weighted by molar-refractivity contribution is 7.91. The van der Waals surface area contributed by atoms with Gasteiger partial charge < -0.3 is 15.5 Å². The number of amides is 1. The van der Waals surface area contributed by atoms with Crippen molar-refractivity contribution in [1.82, 2.24) is 4.98 Å². The Balaban J connectivity index is 2.06. The maximum atomic E-state index is 12.7. The summed E-state index contributed by atoms with van der Waals surface area (Å²) in [6, 6.07) is 9.98. The minimum Gasteiger partial charge on any atom is -0.422 e. The van der Waals surface area contributed by atoms with Crippen LogP contribution < -0.4 is 11.1 Å². The van der Waals surface area contributed by atoms with E-state index in [9.17, 15) is 13.2 Å². The van der Waals surface area contributed by atoms with Crippen LogP contribution >= 0.6 is 11.6 Å². The molecular weight excluding hydrogens is 366 g/mol. The highest BCUT2D eigenvalue weighted by Crippen LogP contribution is 2.32. The summed E-state index contributed by atoms with van der Waals surface area (Å²) >= 11 is 6.15. The Kier molecular flexibility index (Phi) is 4.40. The summed E-state index contributed by atoms with van der Waals surface area (Å²) in [6.45, 7) is 1.55. The predicted molar refractivity (Wildman–Crippen MR) is 93.2 cm³/mol. The van der Waals surface area contributed by atoms with Gasteiger partial charge in [0.15, 0.2) is 5.58 Å².